The summed E-state index contributed by atoms with van der Waals surface area (Å²) in [5.41, 5.74) is 0. The van der Waals surface area contributed by atoms with E-state index >= 15 is 0 Å². The second-order valence-corrected chi connectivity index (χ2v) is 5.46. The standard InChI is InChI=1S/C14H30N2O/c1-6-11(3)14-9-16(12(4)10-17-5)13(7-2)8-15-14/h11-15H,6-10H2,1-5H3. The summed E-state index contributed by atoms with van der Waals surface area (Å²) in [6.07, 6.45) is 2.47. The SMILES string of the molecule is CCC(C)C1CN(C(C)COC)C(CC)CN1. The largest absolute Gasteiger partial charge is 0.383 e. The summed E-state index contributed by atoms with van der Waals surface area (Å²) in [4.78, 5) is 2.64. The molecule has 1 aliphatic heterocycles. The fourth-order valence-electron chi connectivity index (χ4n) is 2.77. The zero-order chi connectivity index (χ0) is 12.8. The zero-order valence-corrected chi connectivity index (χ0v) is 12.2. The van der Waals surface area contributed by atoms with Gasteiger partial charge >= 0.3 is 0 Å². The van der Waals surface area contributed by atoms with Gasteiger partial charge in [0.05, 0.1) is 6.61 Å². The quantitative estimate of drug-likeness (QED) is 0.772. The molecule has 0 amide bonds. The van der Waals surface area contributed by atoms with Gasteiger partial charge in [0.1, 0.15) is 0 Å². The fourth-order valence-corrected chi connectivity index (χ4v) is 2.77. The zero-order valence-electron chi connectivity index (χ0n) is 12.2. The molecule has 3 nitrogen and oxygen atoms in total. The van der Waals surface area contributed by atoms with E-state index in [1.807, 2.05) is 0 Å². The number of ether oxygens (including phenoxy) is 1. The Bertz CT molecular complexity index is 210. The summed E-state index contributed by atoms with van der Waals surface area (Å²) in [6, 6.07) is 1.83. The highest BCUT2D eigenvalue weighted by Gasteiger charge is 2.31. The smallest absolute Gasteiger partial charge is 0.0615 e. The van der Waals surface area contributed by atoms with Gasteiger partial charge in [0.15, 0.2) is 0 Å². The van der Waals surface area contributed by atoms with Gasteiger partial charge in [-0.2, -0.15) is 0 Å². The molecule has 3 heteroatoms. The van der Waals surface area contributed by atoms with Crippen molar-refractivity contribution in [1.29, 1.82) is 0 Å². The van der Waals surface area contributed by atoms with Crippen molar-refractivity contribution in [2.24, 2.45) is 5.92 Å². The van der Waals surface area contributed by atoms with Gasteiger partial charge in [-0.1, -0.05) is 27.2 Å². The van der Waals surface area contributed by atoms with E-state index in [1.54, 1.807) is 7.11 Å². The lowest BCUT2D eigenvalue weighted by molar-refractivity contribution is 0.0312. The number of nitrogens with one attached hydrogen (secondary N) is 1. The Balaban J connectivity index is 2.61. The van der Waals surface area contributed by atoms with E-state index in [2.05, 4.69) is 37.9 Å². The first-order valence-corrected chi connectivity index (χ1v) is 7.12. The molecule has 1 rings (SSSR count). The van der Waals surface area contributed by atoms with Gasteiger partial charge in [-0.15, -0.1) is 0 Å². The molecule has 0 radical (unpaired) electrons. The van der Waals surface area contributed by atoms with Gasteiger partial charge in [-0.25, -0.2) is 0 Å². The average molecular weight is 242 g/mol. The minimum Gasteiger partial charge on any atom is -0.383 e. The molecule has 102 valence electrons. The van der Waals surface area contributed by atoms with Gasteiger partial charge in [-0.3, -0.25) is 4.90 Å². The van der Waals surface area contributed by atoms with Crippen molar-refractivity contribution in [3.63, 3.8) is 0 Å². The predicted molar refractivity (Wildman–Crippen MR) is 73.4 cm³/mol. The summed E-state index contributed by atoms with van der Waals surface area (Å²) in [5, 5.41) is 3.72. The third kappa shape index (κ3) is 3.94. The van der Waals surface area contributed by atoms with Gasteiger partial charge in [0.25, 0.3) is 0 Å². The second kappa shape index (κ2) is 7.34. The normalized spacial score (nSPS) is 30.2. The van der Waals surface area contributed by atoms with E-state index in [4.69, 9.17) is 4.74 Å². The van der Waals surface area contributed by atoms with Crippen molar-refractivity contribution in [1.82, 2.24) is 10.2 Å². The van der Waals surface area contributed by atoms with Crippen LogP contribution in [-0.4, -0.2) is 49.8 Å². The Morgan fingerprint density at radius 3 is 2.59 bits per heavy atom. The molecule has 1 saturated heterocycles. The van der Waals surface area contributed by atoms with Crippen molar-refractivity contribution >= 4 is 0 Å². The van der Waals surface area contributed by atoms with E-state index in [0.29, 0.717) is 18.1 Å². The molecule has 0 bridgehead atoms. The van der Waals surface area contributed by atoms with Gasteiger partial charge in [0, 0.05) is 38.3 Å². The second-order valence-electron chi connectivity index (χ2n) is 5.46. The minimum absolute atomic E-state index is 0.526. The predicted octanol–water partition coefficient (Wildman–Crippen LogP) is 2.12. The summed E-state index contributed by atoms with van der Waals surface area (Å²) < 4.78 is 5.31. The molecule has 0 aromatic carbocycles. The number of methoxy groups -OCH3 is 1. The molecule has 1 heterocycles. The number of piperazine rings is 1. The summed E-state index contributed by atoms with van der Waals surface area (Å²) >= 11 is 0. The molecule has 0 aliphatic carbocycles. The third-order valence-electron chi connectivity index (χ3n) is 4.27. The average Bonchev–Trinajstić information content (AvgIpc) is 2.37. The first kappa shape index (κ1) is 14.9. The Kier molecular flexibility index (Phi) is 6.45. The molecule has 1 N–H and O–H groups in total. The van der Waals surface area contributed by atoms with Gasteiger partial charge in [0.2, 0.25) is 0 Å². The molecule has 17 heavy (non-hydrogen) atoms. The number of nitrogens with zero attached hydrogens (tertiary/aromatic N) is 1. The maximum Gasteiger partial charge on any atom is 0.0615 e. The van der Waals surface area contributed by atoms with Crippen molar-refractivity contribution in [3.05, 3.63) is 0 Å². The first-order chi connectivity index (χ1) is 8.13. The maximum atomic E-state index is 5.31. The van der Waals surface area contributed by atoms with E-state index in [1.165, 1.54) is 12.8 Å². The van der Waals surface area contributed by atoms with Crippen LogP contribution in [0.2, 0.25) is 0 Å². The molecule has 0 saturated carbocycles. The molecule has 0 spiro atoms. The number of hydrogen-bond acceptors (Lipinski definition) is 3. The monoisotopic (exact) mass is 242 g/mol. The molecular weight excluding hydrogens is 212 g/mol. The highest BCUT2D eigenvalue weighted by atomic mass is 16.5. The van der Waals surface area contributed by atoms with E-state index < -0.39 is 0 Å². The van der Waals surface area contributed by atoms with E-state index in [-0.39, 0.29) is 0 Å². The van der Waals surface area contributed by atoms with Gasteiger partial charge < -0.3 is 10.1 Å². The molecule has 1 fully saturated rings. The van der Waals surface area contributed by atoms with Crippen LogP contribution in [0, 0.1) is 5.92 Å². The van der Waals surface area contributed by atoms with Crippen molar-refractivity contribution < 1.29 is 4.74 Å². The van der Waals surface area contributed by atoms with Crippen LogP contribution in [0.15, 0.2) is 0 Å². The minimum atomic E-state index is 0.526. The molecule has 1 aliphatic rings. The van der Waals surface area contributed by atoms with Crippen LogP contribution in [0.5, 0.6) is 0 Å². The topological polar surface area (TPSA) is 24.5 Å². The van der Waals surface area contributed by atoms with Crippen molar-refractivity contribution in [2.75, 3.05) is 26.8 Å². The lowest BCUT2D eigenvalue weighted by Crippen LogP contribution is -2.61. The van der Waals surface area contributed by atoms with Crippen LogP contribution in [-0.2, 0) is 4.74 Å². The lowest BCUT2D eigenvalue weighted by atomic mass is 9.94. The van der Waals surface area contributed by atoms with Crippen LogP contribution in [0.4, 0.5) is 0 Å². The highest BCUT2D eigenvalue weighted by molar-refractivity contribution is 4.89. The van der Waals surface area contributed by atoms with E-state index in [0.717, 1.165) is 25.6 Å². The molecule has 0 aromatic heterocycles. The summed E-state index contributed by atoms with van der Waals surface area (Å²) in [7, 11) is 1.80. The Morgan fingerprint density at radius 2 is 2.06 bits per heavy atom. The van der Waals surface area contributed by atoms with Crippen LogP contribution >= 0.6 is 0 Å². The Morgan fingerprint density at radius 1 is 1.35 bits per heavy atom. The Labute approximate surface area is 107 Å². The van der Waals surface area contributed by atoms with Crippen LogP contribution in [0.3, 0.4) is 0 Å². The molecule has 0 aromatic rings. The van der Waals surface area contributed by atoms with Crippen LogP contribution in [0.1, 0.15) is 40.5 Å². The number of rotatable bonds is 6. The lowest BCUT2D eigenvalue weighted by Gasteiger charge is -2.45. The van der Waals surface area contributed by atoms with E-state index in [9.17, 15) is 0 Å². The molecule has 4 atom stereocenters. The van der Waals surface area contributed by atoms with Crippen molar-refractivity contribution in [2.45, 2.75) is 58.7 Å². The Hall–Kier alpha value is -0.120. The maximum absolute atomic E-state index is 5.31. The summed E-state index contributed by atoms with van der Waals surface area (Å²) in [6.45, 7) is 12.3. The van der Waals surface area contributed by atoms with Crippen molar-refractivity contribution in [3.8, 4) is 0 Å². The number of hydrogen-bond donors (Lipinski definition) is 1. The molecular formula is C14H30N2O. The summed E-state index contributed by atoms with van der Waals surface area (Å²) in [5.74, 6) is 0.755. The first-order valence-electron chi connectivity index (χ1n) is 7.12. The van der Waals surface area contributed by atoms with Gasteiger partial charge in [-0.05, 0) is 19.3 Å². The molecule has 4 unspecified atom stereocenters. The van der Waals surface area contributed by atoms with Crippen LogP contribution in [0.25, 0.3) is 0 Å². The fraction of sp³-hybridized carbons (Fsp3) is 1.00. The third-order valence-corrected chi connectivity index (χ3v) is 4.27. The highest BCUT2D eigenvalue weighted by Crippen LogP contribution is 2.19. The van der Waals surface area contributed by atoms with Crippen LogP contribution < -0.4 is 5.32 Å².